The van der Waals surface area contributed by atoms with E-state index in [1.807, 2.05) is 12.1 Å². The Morgan fingerprint density at radius 1 is 0.935 bits per heavy atom. The fourth-order valence-electron chi connectivity index (χ4n) is 4.38. The summed E-state index contributed by atoms with van der Waals surface area (Å²) in [7, 11) is 16.5. The first-order valence-electron chi connectivity index (χ1n) is 11.9. The smallest absolute Gasteiger partial charge is 1.00 e. The molecule has 0 saturated carbocycles. The van der Waals surface area contributed by atoms with Crippen LogP contribution in [0.2, 0.25) is 0 Å². The van der Waals surface area contributed by atoms with E-state index < -0.39 is 0 Å². The van der Waals surface area contributed by atoms with Gasteiger partial charge in [-0.05, 0) is 12.1 Å². The molecule has 2 nitrogen and oxygen atoms in total. The second-order valence-corrected chi connectivity index (χ2v) is 11.7. The van der Waals surface area contributed by atoms with Crippen molar-refractivity contribution in [2.45, 2.75) is 38.5 Å². The van der Waals surface area contributed by atoms with Gasteiger partial charge in [-0.25, -0.2) is 0 Å². The number of unbranched alkanes of at least 4 members (excludes halogenated alkanes) is 5. The molecule has 0 heterocycles. The van der Waals surface area contributed by atoms with Crippen molar-refractivity contribution in [3.8, 4) is 11.5 Å². The van der Waals surface area contributed by atoms with Gasteiger partial charge in [0.25, 0.3) is 0 Å². The van der Waals surface area contributed by atoms with Gasteiger partial charge in [-0.3, -0.25) is 0 Å². The summed E-state index contributed by atoms with van der Waals surface area (Å²) < 4.78 is 5.71. The van der Waals surface area contributed by atoms with Gasteiger partial charge in [-0.1, -0.05) is 0 Å². The Hall–Kier alpha value is 0.949. The molecule has 2 radical (unpaired) electrons. The molecule has 31 heavy (non-hydrogen) atoms. The molecule has 0 amide bonds. The van der Waals surface area contributed by atoms with Crippen molar-refractivity contribution in [1.29, 1.82) is 0 Å². The summed E-state index contributed by atoms with van der Waals surface area (Å²) in [6.07, 6.45) is 13.3. The van der Waals surface area contributed by atoms with Gasteiger partial charge in [0.2, 0.25) is 0 Å². The van der Waals surface area contributed by atoms with E-state index in [1.54, 1.807) is 12.1 Å². The molecule has 0 aromatic heterocycles. The predicted octanol–water partition coefficient (Wildman–Crippen LogP) is -6.04. The van der Waals surface area contributed by atoms with Crippen molar-refractivity contribution in [3.05, 3.63) is 24.3 Å². The first kappa shape index (κ1) is 31.9. The zero-order valence-corrected chi connectivity index (χ0v) is 24.2. The molecule has 16 heteroatoms. The number of hydrogen-bond acceptors (Lipinski definition) is 2. The van der Waals surface area contributed by atoms with Crippen LogP contribution in [0.5, 0.6) is 11.5 Å². The number of ether oxygens (including phenoxy) is 1. The van der Waals surface area contributed by atoms with E-state index in [4.69, 9.17) is 4.74 Å². The normalized spacial score (nSPS) is 11.0. The van der Waals surface area contributed by atoms with E-state index in [0.29, 0.717) is 42.2 Å². The zero-order chi connectivity index (χ0) is 22.5. The maximum absolute atomic E-state index is 9.28. The third kappa shape index (κ3) is 14.1. The van der Waals surface area contributed by atoms with E-state index in [1.165, 1.54) is 37.9 Å². The van der Waals surface area contributed by atoms with Gasteiger partial charge in [-0.15, -0.1) is 0 Å². The van der Waals surface area contributed by atoms with Crippen LogP contribution in [0.25, 0.3) is 0 Å². The maximum Gasteiger partial charge on any atom is 1.00 e. The molecule has 1 atom stereocenters. The van der Waals surface area contributed by atoms with Gasteiger partial charge >= 0.3 is 204 Å². The Balaban J connectivity index is 0.00000900. The molecule has 0 aliphatic heterocycles. The van der Waals surface area contributed by atoms with Crippen LogP contribution in [0.3, 0.4) is 0 Å². The average molecular weight is 423 g/mol. The molecule has 150 valence electrons. The van der Waals surface area contributed by atoms with Crippen molar-refractivity contribution in [2.24, 2.45) is 0 Å². The molecule has 1 rings (SSSR count). The van der Waals surface area contributed by atoms with Gasteiger partial charge in [0.05, 0.1) is 0 Å². The Bertz CT molecular complexity index is 615. The molecular formula is C15H35B12NaO2S. The van der Waals surface area contributed by atoms with E-state index in [-0.39, 0.29) is 35.3 Å². The summed E-state index contributed by atoms with van der Waals surface area (Å²) in [6.45, 7) is 0.760. The maximum atomic E-state index is 9.28. The standard InChI is InChI=1S/C15H35B12O2S.Na/c1-30(22-26(23(16)17)27(24(18)19)25(20)21)13-7-5-3-2-4-6-12-29-15-10-8-14(28)9-11-15;/h8-11,18,28H,2-7,12-13,16-17,19-21H2,1H3;/q-1;+1/i16-1,17-1,18-1,19-1,20-1,21-1,22-1,23-1,24-1,25-1,26-1,27-1;. The van der Waals surface area contributed by atoms with Crippen LogP contribution in [0.15, 0.2) is 24.3 Å². The van der Waals surface area contributed by atoms with Crippen LogP contribution in [-0.2, 0) is 0 Å². The molecule has 0 spiro atoms. The minimum Gasteiger partial charge on any atom is 1.00 e. The summed E-state index contributed by atoms with van der Waals surface area (Å²) in [5.74, 6) is 2.46. The van der Waals surface area contributed by atoms with Gasteiger partial charge in [0, 0.05) is 0 Å². The van der Waals surface area contributed by atoms with Gasteiger partial charge in [0.1, 0.15) is 5.75 Å². The third-order valence-electron chi connectivity index (χ3n) is 6.00. The van der Waals surface area contributed by atoms with Crippen molar-refractivity contribution in [2.75, 3.05) is 18.6 Å². The van der Waals surface area contributed by atoms with Gasteiger partial charge in [0.15, 0.2) is 0 Å². The summed E-state index contributed by atoms with van der Waals surface area (Å²) in [4.78, 5) is 0. The van der Waals surface area contributed by atoms with Crippen molar-refractivity contribution < 1.29 is 39.4 Å². The van der Waals surface area contributed by atoms with Crippen LogP contribution < -0.4 is 34.3 Å². The predicted molar refractivity (Wildman–Crippen MR) is 164 cm³/mol. The minimum absolute atomic E-state index is 0. The fourth-order valence-corrected chi connectivity index (χ4v) is 6.21. The van der Waals surface area contributed by atoms with Gasteiger partial charge in [-0.2, -0.15) is 0 Å². The van der Waals surface area contributed by atoms with Crippen LogP contribution >= 0.6 is 10.3 Å². The van der Waals surface area contributed by atoms with Crippen LogP contribution in [0.1, 0.15) is 38.5 Å². The quantitative estimate of drug-likeness (QED) is 0.225. The van der Waals surface area contributed by atoms with E-state index in [2.05, 4.69) is 58.7 Å². The van der Waals surface area contributed by atoms with E-state index in [9.17, 15) is 5.11 Å². The topological polar surface area (TPSA) is 29.5 Å². The Labute approximate surface area is 225 Å². The molecule has 0 aliphatic rings. The molecule has 1 aromatic rings. The molecule has 0 bridgehead atoms. The number of benzene rings is 1. The van der Waals surface area contributed by atoms with E-state index in [0.717, 1.165) is 18.8 Å². The number of phenols is 1. The van der Waals surface area contributed by atoms with Crippen molar-refractivity contribution in [3.63, 3.8) is 0 Å². The fraction of sp³-hybridized carbons (Fsp3) is 0.600. The first-order valence-corrected chi connectivity index (χ1v) is 13.8. The number of phenolic OH excluding ortho intramolecular Hbond substituents is 1. The average Bonchev–Trinajstić information content (AvgIpc) is 2.66. The Morgan fingerprint density at radius 2 is 1.48 bits per heavy atom. The number of rotatable bonds is 15. The molecule has 0 aliphatic carbocycles. The molecular weight excluding hydrogens is 387 g/mol. The van der Waals surface area contributed by atoms with Crippen LogP contribution in [-0.4, -0.2) is 108 Å². The monoisotopic (exact) mass is 422 g/mol. The Morgan fingerprint density at radius 3 is 2.00 bits per heavy atom. The van der Waals surface area contributed by atoms with E-state index >= 15 is 0 Å². The molecule has 0 fully saturated rings. The second kappa shape index (κ2) is 18.3. The zero-order valence-electron chi connectivity index (χ0n) is 21.4. The molecule has 0 saturated heterocycles. The largest absolute Gasteiger partial charge is 1.00 e. The van der Waals surface area contributed by atoms with Crippen LogP contribution in [0, 0.1) is 0 Å². The van der Waals surface area contributed by atoms with Gasteiger partial charge < -0.3 is 5.11 Å². The van der Waals surface area contributed by atoms with Crippen molar-refractivity contribution in [1.82, 2.24) is 0 Å². The SMILES string of the molecule is [10BH-][10B]([10BH2])[10B]([10B]([10BH2])[10BH2])[10B]([10B]=S(C)CCCCCCCCOc1ccc(O)cc1)[10B]([10BH2])[10BH2].[Na+]. The summed E-state index contributed by atoms with van der Waals surface area (Å²) in [6, 6.07) is 9.65. The molecule has 1 unspecified atom stereocenters. The summed E-state index contributed by atoms with van der Waals surface area (Å²) >= 11 is 0. The molecule has 1 aromatic carbocycles. The second-order valence-electron chi connectivity index (χ2n) is 9.61. The number of hydrogen-bond donors (Lipinski definition) is 1. The first-order chi connectivity index (χ1) is 14.2. The van der Waals surface area contributed by atoms with Crippen molar-refractivity contribution >= 4 is 94.7 Å². The summed E-state index contributed by atoms with van der Waals surface area (Å²) in [5, 5.41) is 9.28. The summed E-state index contributed by atoms with van der Waals surface area (Å²) in [5.41, 5.74) is 0. The van der Waals surface area contributed by atoms with Crippen LogP contribution in [0.4, 0.5) is 0 Å². The Kier molecular flexibility index (Phi) is 18.9. The third-order valence-corrected chi connectivity index (χ3v) is 7.71. The number of aromatic hydroxyl groups is 1. The molecule has 1 N–H and O–H groups in total. The minimum atomic E-state index is 0.